The molecule has 1 heterocycles. The molecular weight excluding hydrogens is 330 g/mol. The van der Waals surface area contributed by atoms with Crippen LogP contribution in [-0.2, 0) is 17.8 Å². The summed E-state index contributed by atoms with van der Waals surface area (Å²) >= 11 is 0. The van der Waals surface area contributed by atoms with Crippen molar-refractivity contribution in [2.24, 2.45) is 0 Å². The number of amides is 1. The van der Waals surface area contributed by atoms with Gasteiger partial charge in [0.2, 0.25) is 0 Å². The zero-order valence-electron chi connectivity index (χ0n) is 14.1. The van der Waals surface area contributed by atoms with E-state index in [-0.39, 0.29) is 12.5 Å². The van der Waals surface area contributed by atoms with Crippen molar-refractivity contribution in [3.63, 3.8) is 0 Å². The van der Waals surface area contributed by atoms with Gasteiger partial charge in [0.05, 0.1) is 0 Å². The summed E-state index contributed by atoms with van der Waals surface area (Å²) in [5.74, 6) is -0.275. The minimum absolute atomic E-state index is 0.143. The molecule has 3 rings (SSSR count). The number of benzene rings is 2. The maximum atomic E-state index is 12.7. The Hall–Kier alpha value is -3.41. The first-order valence-electron chi connectivity index (χ1n) is 8.25. The van der Waals surface area contributed by atoms with E-state index < -0.39 is 12.1 Å². The van der Waals surface area contributed by atoms with E-state index in [1.807, 2.05) is 60.7 Å². The number of carbonyl (C=O) groups excluding carboxylic acids is 2. The number of carbonyl (C=O) groups is 2. The fourth-order valence-electron chi connectivity index (χ4n) is 2.53. The predicted molar refractivity (Wildman–Crippen MR) is 96.6 cm³/mol. The molecule has 1 N–H and O–H groups in total. The van der Waals surface area contributed by atoms with Crippen molar-refractivity contribution < 1.29 is 14.3 Å². The molecule has 26 heavy (non-hydrogen) atoms. The molecule has 0 unspecified atom stereocenters. The molecule has 0 fully saturated rings. The SMILES string of the molecule is O=C(N[C@@H](Cc1ccccc1)C(=O)n1ccnc1)OCc1ccccc1. The van der Waals surface area contributed by atoms with Gasteiger partial charge in [0.15, 0.2) is 0 Å². The van der Waals surface area contributed by atoms with Gasteiger partial charge in [0.25, 0.3) is 5.91 Å². The Morgan fingerprint density at radius 2 is 1.65 bits per heavy atom. The molecule has 0 saturated heterocycles. The second-order valence-electron chi connectivity index (χ2n) is 5.76. The van der Waals surface area contributed by atoms with Gasteiger partial charge in [0.1, 0.15) is 19.0 Å². The van der Waals surface area contributed by atoms with Gasteiger partial charge in [-0.2, -0.15) is 0 Å². The maximum Gasteiger partial charge on any atom is 0.408 e. The highest BCUT2D eigenvalue weighted by atomic mass is 16.5. The highest BCUT2D eigenvalue weighted by molar-refractivity contribution is 5.87. The van der Waals surface area contributed by atoms with Crippen LogP contribution in [0.5, 0.6) is 0 Å². The molecule has 0 saturated carbocycles. The number of hydrogen-bond donors (Lipinski definition) is 1. The molecule has 0 aliphatic rings. The molecule has 1 aromatic heterocycles. The van der Waals surface area contributed by atoms with E-state index in [1.165, 1.54) is 17.1 Å². The van der Waals surface area contributed by atoms with E-state index in [2.05, 4.69) is 10.3 Å². The number of rotatable bonds is 6. The third-order valence-electron chi connectivity index (χ3n) is 3.84. The van der Waals surface area contributed by atoms with Crippen LogP contribution in [0.3, 0.4) is 0 Å². The van der Waals surface area contributed by atoms with Crippen molar-refractivity contribution in [2.75, 3.05) is 0 Å². The maximum absolute atomic E-state index is 12.7. The average molecular weight is 349 g/mol. The number of hydrogen-bond acceptors (Lipinski definition) is 4. The summed E-state index contributed by atoms with van der Waals surface area (Å²) in [6, 6.07) is 18.1. The number of alkyl carbamates (subject to hydrolysis) is 1. The van der Waals surface area contributed by atoms with E-state index in [0.29, 0.717) is 6.42 Å². The van der Waals surface area contributed by atoms with Gasteiger partial charge in [-0.3, -0.25) is 9.36 Å². The standard InChI is InChI=1S/C20H19N3O3/c24-19(23-12-11-21-15-23)18(13-16-7-3-1-4-8-16)22-20(25)26-14-17-9-5-2-6-10-17/h1-12,15,18H,13-14H2,(H,22,25)/t18-/m0/s1. The smallest absolute Gasteiger partial charge is 0.408 e. The topological polar surface area (TPSA) is 73.2 Å². The van der Waals surface area contributed by atoms with Crippen LogP contribution in [0.25, 0.3) is 0 Å². The summed E-state index contributed by atoms with van der Waals surface area (Å²) in [5, 5.41) is 2.66. The summed E-state index contributed by atoms with van der Waals surface area (Å²) in [6.07, 6.45) is 4.21. The number of nitrogens with zero attached hydrogens (tertiary/aromatic N) is 2. The first-order valence-corrected chi connectivity index (χ1v) is 8.25. The molecule has 0 aliphatic carbocycles. The normalized spacial score (nSPS) is 11.5. The Labute approximate surface area is 151 Å². The first-order chi connectivity index (χ1) is 12.7. The van der Waals surface area contributed by atoms with Crippen molar-refractivity contribution in [3.05, 3.63) is 90.5 Å². The quantitative estimate of drug-likeness (QED) is 0.742. The lowest BCUT2D eigenvalue weighted by Gasteiger charge is -2.18. The van der Waals surface area contributed by atoms with Gasteiger partial charge in [0, 0.05) is 18.8 Å². The Morgan fingerprint density at radius 1 is 1.00 bits per heavy atom. The summed E-state index contributed by atoms with van der Waals surface area (Å²) in [6.45, 7) is 0.143. The third-order valence-corrected chi connectivity index (χ3v) is 3.84. The second-order valence-corrected chi connectivity index (χ2v) is 5.76. The van der Waals surface area contributed by atoms with Crippen LogP contribution in [0.1, 0.15) is 15.9 Å². The minimum atomic E-state index is -0.755. The molecule has 6 nitrogen and oxygen atoms in total. The Morgan fingerprint density at radius 3 is 2.27 bits per heavy atom. The van der Waals surface area contributed by atoms with Gasteiger partial charge in [-0.1, -0.05) is 60.7 Å². The first kappa shape index (κ1) is 17.4. The molecule has 2 aromatic carbocycles. The van der Waals surface area contributed by atoms with Gasteiger partial charge in [-0.15, -0.1) is 0 Å². The van der Waals surface area contributed by atoms with Crippen LogP contribution in [0, 0.1) is 0 Å². The lowest BCUT2D eigenvalue weighted by molar-refractivity contribution is 0.0836. The third kappa shape index (κ3) is 4.80. The summed E-state index contributed by atoms with van der Waals surface area (Å²) in [5.41, 5.74) is 1.82. The van der Waals surface area contributed by atoms with E-state index in [1.54, 1.807) is 6.20 Å². The summed E-state index contributed by atoms with van der Waals surface area (Å²) < 4.78 is 6.59. The lowest BCUT2D eigenvalue weighted by Crippen LogP contribution is -2.44. The van der Waals surface area contributed by atoms with Crippen LogP contribution >= 0.6 is 0 Å². The fraction of sp³-hybridized carbons (Fsp3) is 0.150. The summed E-state index contributed by atoms with van der Waals surface area (Å²) in [7, 11) is 0. The fourth-order valence-corrected chi connectivity index (χ4v) is 2.53. The largest absolute Gasteiger partial charge is 0.445 e. The molecule has 0 radical (unpaired) electrons. The van der Waals surface area contributed by atoms with Crippen molar-refractivity contribution >= 4 is 12.0 Å². The zero-order valence-corrected chi connectivity index (χ0v) is 14.1. The molecule has 0 bridgehead atoms. The Balaban J connectivity index is 1.66. The van der Waals surface area contributed by atoms with E-state index in [0.717, 1.165) is 11.1 Å². The molecule has 1 atom stereocenters. The highest BCUT2D eigenvalue weighted by Gasteiger charge is 2.23. The number of ether oxygens (including phenoxy) is 1. The van der Waals surface area contributed by atoms with Crippen LogP contribution in [0.15, 0.2) is 79.4 Å². The van der Waals surface area contributed by atoms with Gasteiger partial charge < -0.3 is 10.1 Å². The van der Waals surface area contributed by atoms with E-state index in [4.69, 9.17) is 4.74 Å². The number of aromatic nitrogens is 2. The van der Waals surface area contributed by atoms with Crippen molar-refractivity contribution in [1.82, 2.24) is 14.9 Å². The van der Waals surface area contributed by atoms with E-state index in [9.17, 15) is 9.59 Å². The molecule has 6 heteroatoms. The molecule has 0 spiro atoms. The molecule has 132 valence electrons. The predicted octanol–water partition coefficient (Wildman–Crippen LogP) is 3.06. The zero-order chi connectivity index (χ0) is 18.2. The number of imidazole rings is 1. The minimum Gasteiger partial charge on any atom is -0.445 e. The van der Waals surface area contributed by atoms with Crippen molar-refractivity contribution in [1.29, 1.82) is 0 Å². The van der Waals surface area contributed by atoms with Crippen LogP contribution < -0.4 is 5.32 Å². The van der Waals surface area contributed by atoms with Gasteiger partial charge in [-0.05, 0) is 11.1 Å². The molecule has 1 amide bonds. The number of nitrogens with one attached hydrogen (secondary N) is 1. The average Bonchev–Trinajstić information content (AvgIpc) is 3.22. The highest BCUT2D eigenvalue weighted by Crippen LogP contribution is 2.07. The molecule has 3 aromatic rings. The Kier molecular flexibility index (Phi) is 5.77. The van der Waals surface area contributed by atoms with Crippen molar-refractivity contribution in [3.8, 4) is 0 Å². The molecule has 0 aliphatic heterocycles. The summed E-state index contributed by atoms with van der Waals surface area (Å²) in [4.78, 5) is 28.7. The van der Waals surface area contributed by atoms with Crippen LogP contribution in [0.2, 0.25) is 0 Å². The lowest BCUT2D eigenvalue weighted by atomic mass is 10.1. The van der Waals surface area contributed by atoms with Crippen LogP contribution in [0.4, 0.5) is 4.79 Å². The Bertz CT molecular complexity index is 833. The van der Waals surface area contributed by atoms with Gasteiger partial charge >= 0.3 is 6.09 Å². The monoisotopic (exact) mass is 349 g/mol. The molecular formula is C20H19N3O3. The second kappa shape index (κ2) is 8.62. The van der Waals surface area contributed by atoms with Gasteiger partial charge in [-0.25, -0.2) is 9.78 Å². The van der Waals surface area contributed by atoms with Crippen LogP contribution in [-0.4, -0.2) is 27.6 Å². The van der Waals surface area contributed by atoms with E-state index >= 15 is 0 Å². The van der Waals surface area contributed by atoms with Crippen molar-refractivity contribution in [2.45, 2.75) is 19.1 Å².